The van der Waals surface area contributed by atoms with E-state index in [0.717, 1.165) is 16.8 Å². The molecule has 0 aliphatic rings. The maximum absolute atomic E-state index is 13.5. The third-order valence-electron chi connectivity index (χ3n) is 1.96. The van der Waals surface area contributed by atoms with Crippen LogP contribution >= 0.6 is 15.9 Å². The molecular formula is C10H5BrF2N2O. The van der Waals surface area contributed by atoms with E-state index in [4.69, 9.17) is 0 Å². The molecule has 0 amide bonds. The zero-order valence-electron chi connectivity index (χ0n) is 7.82. The summed E-state index contributed by atoms with van der Waals surface area (Å²) in [6.07, 6.45) is 3.21. The summed E-state index contributed by atoms with van der Waals surface area (Å²) >= 11 is 3.12. The largest absolute Gasteiger partial charge is 0.298 e. The van der Waals surface area contributed by atoms with Crippen LogP contribution in [0.2, 0.25) is 0 Å². The number of benzene rings is 1. The molecule has 0 saturated heterocycles. The molecule has 0 bridgehead atoms. The molecular weight excluding hydrogens is 282 g/mol. The lowest BCUT2D eigenvalue weighted by atomic mass is 10.2. The van der Waals surface area contributed by atoms with E-state index in [-0.39, 0.29) is 11.3 Å². The van der Waals surface area contributed by atoms with Crippen LogP contribution < -0.4 is 0 Å². The first-order chi connectivity index (χ1) is 7.61. The first-order valence-corrected chi connectivity index (χ1v) is 5.06. The van der Waals surface area contributed by atoms with Crippen molar-refractivity contribution in [1.82, 2.24) is 9.78 Å². The number of carbonyl (C=O) groups is 1. The normalized spacial score (nSPS) is 10.4. The van der Waals surface area contributed by atoms with E-state index in [9.17, 15) is 13.6 Å². The Labute approximate surface area is 97.8 Å². The molecule has 0 N–H and O–H groups in total. The lowest BCUT2D eigenvalue weighted by Crippen LogP contribution is -2.03. The first kappa shape index (κ1) is 10.9. The predicted octanol–water partition coefficient (Wildman–Crippen LogP) is 2.73. The monoisotopic (exact) mass is 286 g/mol. The van der Waals surface area contributed by atoms with Gasteiger partial charge in [-0.25, -0.2) is 13.5 Å². The van der Waals surface area contributed by atoms with Gasteiger partial charge in [-0.1, -0.05) is 0 Å². The molecule has 0 aliphatic heterocycles. The lowest BCUT2D eigenvalue weighted by molar-refractivity contribution is 0.112. The van der Waals surface area contributed by atoms with Crippen molar-refractivity contribution in [1.29, 1.82) is 0 Å². The van der Waals surface area contributed by atoms with Crippen LogP contribution in [0.25, 0.3) is 5.69 Å². The van der Waals surface area contributed by atoms with Gasteiger partial charge in [-0.15, -0.1) is 0 Å². The Balaban J connectivity index is 2.61. The minimum atomic E-state index is -0.835. The number of aldehydes is 1. The van der Waals surface area contributed by atoms with E-state index in [1.807, 2.05) is 0 Å². The van der Waals surface area contributed by atoms with E-state index < -0.39 is 11.6 Å². The third-order valence-corrected chi connectivity index (χ3v) is 2.36. The van der Waals surface area contributed by atoms with E-state index in [1.54, 1.807) is 0 Å². The molecule has 6 heteroatoms. The SMILES string of the molecule is O=Cc1cc(F)c(-n2cc(Br)cn2)c(F)c1. The molecule has 2 rings (SSSR count). The summed E-state index contributed by atoms with van der Waals surface area (Å²) in [5.74, 6) is -1.67. The van der Waals surface area contributed by atoms with Crippen LogP contribution in [0.3, 0.4) is 0 Å². The zero-order valence-corrected chi connectivity index (χ0v) is 9.41. The Morgan fingerprint density at radius 1 is 1.31 bits per heavy atom. The smallest absolute Gasteiger partial charge is 0.152 e. The molecule has 1 aromatic carbocycles. The van der Waals surface area contributed by atoms with Gasteiger partial charge in [0.15, 0.2) is 11.6 Å². The number of rotatable bonds is 2. The summed E-state index contributed by atoms with van der Waals surface area (Å²) in [5, 5.41) is 3.76. The van der Waals surface area contributed by atoms with Crippen LogP contribution in [-0.4, -0.2) is 16.1 Å². The summed E-state index contributed by atoms with van der Waals surface area (Å²) in [5.41, 5.74) is -0.360. The van der Waals surface area contributed by atoms with Crippen molar-refractivity contribution in [2.45, 2.75) is 0 Å². The summed E-state index contributed by atoms with van der Waals surface area (Å²) in [6, 6.07) is 1.92. The molecule has 1 heterocycles. The van der Waals surface area contributed by atoms with Crippen LogP contribution in [0.15, 0.2) is 29.0 Å². The standard InChI is InChI=1S/C10H5BrF2N2O/c11-7-3-14-15(4-7)10-8(12)1-6(5-16)2-9(10)13/h1-5H. The Kier molecular flexibility index (Phi) is 2.82. The average molecular weight is 287 g/mol. The Hall–Kier alpha value is -1.56. The van der Waals surface area contributed by atoms with E-state index in [2.05, 4.69) is 21.0 Å². The highest BCUT2D eigenvalue weighted by Gasteiger charge is 2.13. The van der Waals surface area contributed by atoms with Crippen molar-refractivity contribution in [3.8, 4) is 5.69 Å². The van der Waals surface area contributed by atoms with E-state index in [1.165, 1.54) is 12.4 Å². The van der Waals surface area contributed by atoms with Crippen molar-refractivity contribution in [2.75, 3.05) is 0 Å². The van der Waals surface area contributed by atoms with Gasteiger partial charge in [0.1, 0.15) is 12.0 Å². The topological polar surface area (TPSA) is 34.9 Å². The Bertz CT molecular complexity index is 530. The quantitative estimate of drug-likeness (QED) is 0.796. The number of aromatic nitrogens is 2. The van der Waals surface area contributed by atoms with Gasteiger partial charge in [-0.3, -0.25) is 4.79 Å². The highest BCUT2D eigenvalue weighted by molar-refractivity contribution is 9.10. The summed E-state index contributed by atoms with van der Waals surface area (Å²) in [7, 11) is 0. The molecule has 0 aliphatic carbocycles. The van der Waals surface area contributed by atoms with E-state index in [0.29, 0.717) is 10.8 Å². The minimum absolute atomic E-state index is 0.0510. The second-order valence-electron chi connectivity index (χ2n) is 3.05. The maximum atomic E-state index is 13.5. The number of carbonyl (C=O) groups excluding carboxylic acids is 1. The van der Waals surface area contributed by atoms with Gasteiger partial charge in [-0.05, 0) is 28.1 Å². The summed E-state index contributed by atoms with van der Waals surface area (Å²) in [4.78, 5) is 10.4. The van der Waals surface area contributed by atoms with Gasteiger partial charge in [0.05, 0.1) is 10.7 Å². The van der Waals surface area contributed by atoms with Crippen LogP contribution in [0, 0.1) is 11.6 Å². The van der Waals surface area contributed by atoms with Gasteiger partial charge >= 0.3 is 0 Å². The lowest BCUT2D eigenvalue weighted by Gasteiger charge is -2.05. The molecule has 1 aromatic heterocycles. The fourth-order valence-corrected chi connectivity index (χ4v) is 1.58. The van der Waals surface area contributed by atoms with E-state index >= 15 is 0 Å². The van der Waals surface area contributed by atoms with Gasteiger partial charge in [0.2, 0.25) is 0 Å². The molecule has 0 radical (unpaired) electrons. The van der Waals surface area contributed by atoms with Gasteiger partial charge < -0.3 is 0 Å². The van der Waals surface area contributed by atoms with Crippen molar-refractivity contribution in [3.05, 3.63) is 46.2 Å². The van der Waals surface area contributed by atoms with Crippen molar-refractivity contribution < 1.29 is 13.6 Å². The summed E-state index contributed by atoms with van der Waals surface area (Å²) in [6.45, 7) is 0. The molecule has 0 unspecified atom stereocenters. The average Bonchev–Trinajstić information content (AvgIpc) is 2.63. The second-order valence-corrected chi connectivity index (χ2v) is 3.97. The third kappa shape index (κ3) is 1.88. The van der Waals surface area contributed by atoms with Crippen molar-refractivity contribution in [2.24, 2.45) is 0 Å². The molecule has 16 heavy (non-hydrogen) atoms. The number of nitrogens with zero attached hydrogens (tertiary/aromatic N) is 2. The molecule has 2 aromatic rings. The zero-order chi connectivity index (χ0) is 11.7. The molecule has 82 valence electrons. The maximum Gasteiger partial charge on any atom is 0.152 e. The van der Waals surface area contributed by atoms with Crippen LogP contribution in [-0.2, 0) is 0 Å². The van der Waals surface area contributed by atoms with Gasteiger partial charge in [-0.2, -0.15) is 5.10 Å². The fourth-order valence-electron chi connectivity index (χ4n) is 1.30. The van der Waals surface area contributed by atoms with Crippen molar-refractivity contribution in [3.63, 3.8) is 0 Å². The fraction of sp³-hybridized carbons (Fsp3) is 0. The molecule has 0 fully saturated rings. The highest BCUT2D eigenvalue weighted by Crippen LogP contribution is 2.20. The van der Waals surface area contributed by atoms with Crippen molar-refractivity contribution >= 4 is 22.2 Å². The minimum Gasteiger partial charge on any atom is -0.298 e. The predicted molar refractivity (Wildman–Crippen MR) is 56.6 cm³/mol. The van der Waals surface area contributed by atoms with Gasteiger partial charge in [0, 0.05) is 11.8 Å². The number of hydrogen-bond acceptors (Lipinski definition) is 2. The molecule has 3 nitrogen and oxygen atoms in total. The van der Waals surface area contributed by atoms with Crippen LogP contribution in [0.5, 0.6) is 0 Å². The van der Waals surface area contributed by atoms with Crippen LogP contribution in [0.1, 0.15) is 10.4 Å². The summed E-state index contributed by atoms with van der Waals surface area (Å²) < 4.78 is 28.7. The Morgan fingerprint density at radius 3 is 2.38 bits per heavy atom. The molecule has 0 atom stereocenters. The molecule has 0 saturated carbocycles. The number of hydrogen-bond donors (Lipinski definition) is 0. The second kappa shape index (κ2) is 4.13. The Morgan fingerprint density at radius 2 is 1.94 bits per heavy atom. The number of halogens is 3. The first-order valence-electron chi connectivity index (χ1n) is 4.26. The molecule has 0 spiro atoms. The van der Waals surface area contributed by atoms with Gasteiger partial charge in [0.25, 0.3) is 0 Å². The highest BCUT2D eigenvalue weighted by atomic mass is 79.9. The van der Waals surface area contributed by atoms with Crippen LogP contribution in [0.4, 0.5) is 8.78 Å².